The Morgan fingerprint density at radius 3 is 2.77 bits per heavy atom. The third-order valence-corrected chi connectivity index (χ3v) is 2.18. The molecule has 5 nitrogen and oxygen atoms in total. The fourth-order valence-electron chi connectivity index (χ4n) is 1.44. The highest BCUT2D eigenvalue weighted by Crippen LogP contribution is 2.08. The van der Waals surface area contributed by atoms with E-state index in [0.29, 0.717) is 6.54 Å². The Hall–Kier alpha value is -1.10. The lowest BCUT2D eigenvalue weighted by atomic mass is 10.2. The van der Waals surface area contributed by atoms with Crippen LogP contribution in [-0.2, 0) is 9.59 Å². The Labute approximate surface area is 76.7 Å². The minimum Gasteiger partial charge on any atom is -0.480 e. The normalized spacial score (nSPS) is 21.9. The Kier molecular flexibility index (Phi) is 3.25. The molecule has 1 fully saturated rings. The summed E-state index contributed by atoms with van der Waals surface area (Å²) in [6.45, 7) is 2.85. The molecule has 1 saturated heterocycles. The molecule has 0 aromatic carbocycles. The number of carbonyl (C=O) groups excluding carboxylic acids is 1. The minimum atomic E-state index is -0.860. The van der Waals surface area contributed by atoms with Gasteiger partial charge in [-0.05, 0) is 6.42 Å². The van der Waals surface area contributed by atoms with Crippen molar-refractivity contribution in [3.63, 3.8) is 0 Å². The summed E-state index contributed by atoms with van der Waals surface area (Å²) in [5, 5.41) is 11.3. The fraction of sp³-hybridized carbons (Fsp3) is 0.750. The molecule has 0 saturated carbocycles. The van der Waals surface area contributed by atoms with Crippen LogP contribution in [0.3, 0.4) is 0 Å². The first kappa shape index (κ1) is 9.98. The van der Waals surface area contributed by atoms with Crippen LogP contribution in [0.15, 0.2) is 0 Å². The van der Waals surface area contributed by atoms with Gasteiger partial charge in [-0.15, -0.1) is 0 Å². The number of hydrogen-bond donors (Lipinski definition) is 2. The van der Waals surface area contributed by atoms with Crippen molar-refractivity contribution in [1.29, 1.82) is 0 Å². The molecular weight excluding hydrogens is 172 g/mol. The molecule has 0 bridgehead atoms. The van der Waals surface area contributed by atoms with Gasteiger partial charge in [0.25, 0.3) is 0 Å². The highest BCUT2D eigenvalue weighted by molar-refractivity contribution is 5.73. The molecule has 1 amide bonds. The van der Waals surface area contributed by atoms with Crippen molar-refractivity contribution < 1.29 is 14.7 Å². The van der Waals surface area contributed by atoms with Gasteiger partial charge in [-0.25, -0.2) is 0 Å². The second-order valence-electron chi connectivity index (χ2n) is 3.23. The van der Waals surface area contributed by atoms with Crippen LogP contribution >= 0.6 is 0 Å². The topological polar surface area (TPSA) is 69.6 Å². The van der Waals surface area contributed by atoms with Crippen molar-refractivity contribution in [1.82, 2.24) is 10.2 Å². The molecule has 0 unspecified atom stereocenters. The minimum absolute atomic E-state index is 0.0313. The molecule has 0 aromatic heterocycles. The summed E-state index contributed by atoms with van der Waals surface area (Å²) in [6.07, 6.45) is 0.840. The zero-order chi connectivity index (χ0) is 9.84. The molecule has 0 radical (unpaired) electrons. The van der Waals surface area contributed by atoms with E-state index in [9.17, 15) is 9.59 Å². The number of hydrogen-bond acceptors (Lipinski definition) is 3. The summed E-state index contributed by atoms with van der Waals surface area (Å²) >= 11 is 0. The molecule has 74 valence electrons. The van der Waals surface area contributed by atoms with Crippen molar-refractivity contribution in [2.45, 2.75) is 19.4 Å². The number of rotatable bonds is 3. The first-order chi connectivity index (χ1) is 6.09. The number of carboxylic acids is 1. The Balaban J connectivity index is 2.25. The quantitative estimate of drug-likeness (QED) is 0.610. The van der Waals surface area contributed by atoms with Gasteiger partial charge < -0.3 is 15.3 Å². The van der Waals surface area contributed by atoms with Gasteiger partial charge in [0.2, 0.25) is 5.91 Å². The number of carboxylic acid groups (broad SMARTS) is 1. The number of likely N-dealkylation sites (tertiary alicyclic amines) is 1. The fourth-order valence-corrected chi connectivity index (χ4v) is 1.44. The average molecular weight is 186 g/mol. The lowest BCUT2D eigenvalue weighted by molar-refractivity contribution is -0.136. The smallest absolute Gasteiger partial charge is 0.317 e. The predicted octanol–water partition coefficient (Wildman–Crippen LogP) is -0.719. The van der Waals surface area contributed by atoms with Gasteiger partial charge in [0.1, 0.15) is 0 Å². The summed E-state index contributed by atoms with van der Waals surface area (Å²) in [6, 6.07) is 0.139. The second kappa shape index (κ2) is 4.23. The molecule has 0 aliphatic carbocycles. The average Bonchev–Trinajstić information content (AvgIpc) is 2.48. The van der Waals surface area contributed by atoms with Gasteiger partial charge in [-0.3, -0.25) is 9.59 Å². The van der Waals surface area contributed by atoms with E-state index in [0.717, 1.165) is 13.0 Å². The van der Waals surface area contributed by atoms with Gasteiger partial charge in [-0.1, -0.05) is 0 Å². The largest absolute Gasteiger partial charge is 0.480 e. The van der Waals surface area contributed by atoms with E-state index in [2.05, 4.69) is 5.32 Å². The Morgan fingerprint density at radius 2 is 2.31 bits per heavy atom. The lowest BCUT2D eigenvalue weighted by Gasteiger charge is -2.13. The Morgan fingerprint density at radius 1 is 1.62 bits per heavy atom. The van der Waals surface area contributed by atoms with Gasteiger partial charge in [-0.2, -0.15) is 0 Å². The van der Waals surface area contributed by atoms with E-state index >= 15 is 0 Å². The number of amides is 1. The number of carbonyl (C=O) groups is 2. The van der Waals surface area contributed by atoms with E-state index < -0.39 is 5.97 Å². The number of nitrogens with one attached hydrogen (secondary N) is 1. The maximum Gasteiger partial charge on any atom is 0.317 e. The third kappa shape index (κ3) is 3.02. The zero-order valence-electron chi connectivity index (χ0n) is 7.62. The highest BCUT2D eigenvalue weighted by Gasteiger charge is 2.23. The Bertz CT molecular complexity index is 217. The van der Waals surface area contributed by atoms with Gasteiger partial charge in [0.05, 0.1) is 6.54 Å². The van der Waals surface area contributed by atoms with Crippen molar-refractivity contribution >= 4 is 11.9 Å². The van der Waals surface area contributed by atoms with Crippen LogP contribution in [0.25, 0.3) is 0 Å². The molecule has 0 aromatic rings. The first-order valence-electron chi connectivity index (χ1n) is 4.30. The molecule has 0 spiro atoms. The molecule has 13 heavy (non-hydrogen) atoms. The molecule has 1 rings (SSSR count). The van der Waals surface area contributed by atoms with Gasteiger partial charge >= 0.3 is 5.97 Å². The first-order valence-corrected chi connectivity index (χ1v) is 4.30. The third-order valence-electron chi connectivity index (χ3n) is 2.18. The molecule has 1 aliphatic rings. The molecule has 5 heteroatoms. The van der Waals surface area contributed by atoms with Crippen LogP contribution in [0, 0.1) is 0 Å². The molecule has 2 N–H and O–H groups in total. The molecule has 1 aliphatic heterocycles. The molecule has 1 atom stereocenters. The van der Waals surface area contributed by atoms with Gasteiger partial charge in [0.15, 0.2) is 0 Å². The highest BCUT2D eigenvalue weighted by atomic mass is 16.4. The van der Waals surface area contributed by atoms with Crippen LogP contribution in [0.5, 0.6) is 0 Å². The summed E-state index contributed by atoms with van der Waals surface area (Å²) in [5.41, 5.74) is 0. The van der Waals surface area contributed by atoms with Crippen LogP contribution in [0.1, 0.15) is 13.3 Å². The van der Waals surface area contributed by atoms with E-state index in [1.54, 1.807) is 4.90 Å². The van der Waals surface area contributed by atoms with Crippen LogP contribution in [-0.4, -0.2) is 47.6 Å². The summed E-state index contributed by atoms with van der Waals surface area (Å²) < 4.78 is 0. The number of nitrogens with zero attached hydrogens (tertiary/aromatic N) is 1. The monoisotopic (exact) mass is 186 g/mol. The lowest BCUT2D eigenvalue weighted by Crippen LogP contribution is -2.36. The van der Waals surface area contributed by atoms with Crippen molar-refractivity contribution in [3.8, 4) is 0 Å². The van der Waals surface area contributed by atoms with Crippen LogP contribution in [0.2, 0.25) is 0 Å². The second-order valence-corrected chi connectivity index (χ2v) is 3.23. The molecule has 1 heterocycles. The van der Waals surface area contributed by atoms with Crippen LogP contribution < -0.4 is 5.32 Å². The predicted molar refractivity (Wildman–Crippen MR) is 46.3 cm³/mol. The van der Waals surface area contributed by atoms with Crippen molar-refractivity contribution in [2.24, 2.45) is 0 Å². The maximum absolute atomic E-state index is 10.9. The van der Waals surface area contributed by atoms with E-state index in [1.807, 2.05) is 0 Å². The van der Waals surface area contributed by atoms with Crippen molar-refractivity contribution in [3.05, 3.63) is 0 Å². The summed E-state index contributed by atoms with van der Waals surface area (Å²) in [4.78, 5) is 22.9. The van der Waals surface area contributed by atoms with E-state index in [4.69, 9.17) is 5.11 Å². The maximum atomic E-state index is 10.9. The SMILES string of the molecule is CC(=O)N1CC[C@@H](NCC(=O)O)C1. The molecular formula is C8H14N2O3. The van der Waals surface area contributed by atoms with Gasteiger partial charge in [0, 0.05) is 26.1 Å². The number of aliphatic carboxylic acids is 1. The summed E-state index contributed by atoms with van der Waals surface area (Å²) in [5.74, 6) is -0.805. The van der Waals surface area contributed by atoms with E-state index in [-0.39, 0.29) is 18.5 Å². The standard InChI is InChI=1S/C8H14N2O3/c1-6(11)10-3-2-7(5-10)9-4-8(12)13/h7,9H,2-5H2,1H3,(H,12,13)/t7-/m1/s1. The zero-order valence-corrected chi connectivity index (χ0v) is 7.62. The van der Waals surface area contributed by atoms with Crippen LogP contribution in [0.4, 0.5) is 0 Å². The summed E-state index contributed by atoms with van der Waals surface area (Å²) in [7, 11) is 0. The van der Waals surface area contributed by atoms with E-state index in [1.165, 1.54) is 6.92 Å². The van der Waals surface area contributed by atoms with Crippen molar-refractivity contribution in [2.75, 3.05) is 19.6 Å².